The minimum atomic E-state index is -4.60. The molecule has 0 atom stereocenters. The van der Waals surface area contributed by atoms with Gasteiger partial charge in [0.15, 0.2) is 5.69 Å². The van der Waals surface area contributed by atoms with E-state index in [-0.39, 0.29) is 16.4 Å². The van der Waals surface area contributed by atoms with Crippen molar-refractivity contribution in [2.24, 2.45) is 0 Å². The lowest BCUT2D eigenvalue weighted by Crippen LogP contribution is -2.10. The second kappa shape index (κ2) is 4.58. The van der Waals surface area contributed by atoms with E-state index in [2.05, 4.69) is 4.98 Å². The zero-order valence-corrected chi connectivity index (χ0v) is 9.90. The lowest BCUT2D eigenvalue weighted by molar-refractivity contribution is -0.137. The lowest BCUT2D eigenvalue weighted by atomic mass is 10.1. The summed E-state index contributed by atoms with van der Waals surface area (Å²) in [7, 11) is 0. The van der Waals surface area contributed by atoms with Crippen molar-refractivity contribution in [3.8, 4) is 5.69 Å². The molecule has 1 heterocycles. The smallest absolute Gasteiger partial charge is 0.418 e. The molecule has 0 radical (unpaired) electrons. The van der Waals surface area contributed by atoms with Crippen molar-refractivity contribution in [2.45, 2.75) is 6.18 Å². The Hall–Kier alpha value is -2.02. The zero-order valence-electron chi connectivity index (χ0n) is 9.15. The molecule has 19 heavy (non-hydrogen) atoms. The molecule has 0 fully saturated rings. The van der Waals surface area contributed by atoms with Gasteiger partial charge in [0.2, 0.25) is 0 Å². The molecule has 0 aliphatic carbocycles. The van der Waals surface area contributed by atoms with Crippen LogP contribution in [0.1, 0.15) is 16.1 Å². The van der Waals surface area contributed by atoms with Crippen molar-refractivity contribution in [1.29, 1.82) is 0 Å². The SMILES string of the molecule is O=C(O)c1cn(-c2ccc(Cl)cc2C(F)(F)F)cn1. The highest BCUT2D eigenvalue weighted by Gasteiger charge is 2.34. The first-order valence-electron chi connectivity index (χ1n) is 4.93. The van der Waals surface area contributed by atoms with Crippen LogP contribution < -0.4 is 0 Å². The third-order valence-corrected chi connectivity index (χ3v) is 2.58. The minimum Gasteiger partial charge on any atom is -0.476 e. The number of carboxylic acids is 1. The van der Waals surface area contributed by atoms with Gasteiger partial charge in [0.1, 0.15) is 6.33 Å². The van der Waals surface area contributed by atoms with Crippen LogP contribution in [0.15, 0.2) is 30.7 Å². The number of aromatic carboxylic acids is 1. The van der Waals surface area contributed by atoms with Gasteiger partial charge < -0.3 is 9.67 Å². The van der Waals surface area contributed by atoms with Crippen LogP contribution in [0.5, 0.6) is 0 Å². The molecule has 0 aliphatic heterocycles. The van der Waals surface area contributed by atoms with Crippen LogP contribution >= 0.6 is 11.6 Å². The van der Waals surface area contributed by atoms with Crippen LogP contribution in [0.25, 0.3) is 5.69 Å². The number of benzene rings is 1. The van der Waals surface area contributed by atoms with E-state index >= 15 is 0 Å². The van der Waals surface area contributed by atoms with Gasteiger partial charge in [-0.3, -0.25) is 0 Å². The zero-order chi connectivity index (χ0) is 14.2. The molecule has 100 valence electrons. The first-order chi connectivity index (χ1) is 8.79. The number of rotatable bonds is 2. The summed E-state index contributed by atoms with van der Waals surface area (Å²) in [5, 5.41) is 8.64. The highest BCUT2D eigenvalue weighted by molar-refractivity contribution is 6.30. The topological polar surface area (TPSA) is 55.1 Å². The van der Waals surface area contributed by atoms with E-state index < -0.39 is 17.7 Å². The van der Waals surface area contributed by atoms with Crippen molar-refractivity contribution in [3.63, 3.8) is 0 Å². The predicted molar refractivity (Wildman–Crippen MR) is 60.5 cm³/mol. The van der Waals surface area contributed by atoms with Gasteiger partial charge in [0.05, 0.1) is 11.3 Å². The number of halogens is 4. The molecule has 4 nitrogen and oxygen atoms in total. The average molecular weight is 291 g/mol. The van der Waals surface area contributed by atoms with Crippen molar-refractivity contribution in [1.82, 2.24) is 9.55 Å². The molecular formula is C11H6ClF3N2O2. The number of hydrogen-bond acceptors (Lipinski definition) is 2. The van der Waals surface area contributed by atoms with Crippen LogP contribution in [0.2, 0.25) is 5.02 Å². The summed E-state index contributed by atoms with van der Waals surface area (Å²) in [6.07, 6.45) is -2.60. The van der Waals surface area contributed by atoms with Gasteiger partial charge in [0.25, 0.3) is 0 Å². The van der Waals surface area contributed by atoms with Crippen molar-refractivity contribution >= 4 is 17.6 Å². The first kappa shape index (κ1) is 13.4. The van der Waals surface area contributed by atoms with E-state index in [4.69, 9.17) is 16.7 Å². The Morgan fingerprint density at radius 3 is 2.58 bits per heavy atom. The fraction of sp³-hybridized carbons (Fsp3) is 0.0909. The highest BCUT2D eigenvalue weighted by atomic mass is 35.5. The van der Waals surface area contributed by atoms with Gasteiger partial charge >= 0.3 is 12.1 Å². The molecule has 0 aliphatic rings. The monoisotopic (exact) mass is 290 g/mol. The fourth-order valence-electron chi connectivity index (χ4n) is 1.53. The molecule has 0 saturated heterocycles. The number of hydrogen-bond donors (Lipinski definition) is 1. The number of nitrogens with zero attached hydrogens (tertiary/aromatic N) is 2. The Morgan fingerprint density at radius 1 is 1.37 bits per heavy atom. The lowest BCUT2D eigenvalue weighted by Gasteiger charge is -2.13. The Kier molecular flexibility index (Phi) is 3.23. The second-order valence-corrected chi connectivity index (χ2v) is 4.07. The summed E-state index contributed by atoms with van der Waals surface area (Å²) < 4.78 is 39.6. The summed E-state index contributed by atoms with van der Waals surface area (Å²) in [5.74, 6) is -1.32. The molecule has 8 heteroatoms. The number of alkyl halides is 3. The van der Waals surface area contributed by atoms with Crippen LogP contribution in [0.3, 0.4) is 0 Å². The van der Waals surface area contributed by atoms with E-state index in [0.29, 0.717) is 0 Å². The van der Waals surface area contributed by atoms with E-state index in [1.165, 1.54) is 6.07 Å². The summed E-state index contributed by atoms with van der Waals surface area (Å²) >= 11 is 5.55. The molecule has 0 bridgehead atoms. The minimum absolute atomic E-state index is 0.0605. The average Bonchev–Trinajstić information content (AvgIpc) is 2.77. The molecule has 0 saturated carbocycles. The Labute approximate surface area is 110 Å². The van der Waals surface area contributed by atoms with Crippen molar-refractivity contribution in [2.75, 3.05) is 0 Å². The molecule has 1 aromatic heterocycles. The molecular weight excluding hydrogens is 285 g/mol. The number of carbonyl (C=O) groups is 1. The molecule has 1 aromatic carbocycles. The summed E-state index contributed by atoms with van der Waals surface area (Å²) in [4.78, 5) is 14.2. The van der Waals surface area contributed by atoms with Crippen LogP contribution in [0.4, 0.5) is 13.2 Å². The van der Waals surface area contributed by atoms with Gasteiger partial charge in [-0.05, 0) is 18.2 Å². The fourth-order valence-corrected chi connectivity index (χ4v) is 1.70. The molecule has 0 unspecified atom stereocenters. The molecule has 2 aromatic rings. The molecule has 0 amide bonds. The summed E-state index contributed by atoms with van der Waals surface area (Å²) in [6, 6.07) is 3.21. The molecule has 2 rings (SSSR count). The van der Waals surface area contributed by atoms with Crippen molar-refractivity contribution in [3.05, 3.63) is 47.0 Å². The van der Waals surface area contributed by atoms with Crippen molar-refractivity contribution < 1.29 is 23.1 Å². The van der Waals surface area contributed by atoms with E-state index in [1.54, 1.807) is 0 Å². The second-order valence-electron chi connectivity index (χ2n) is 3.63. The van der Waals surface area contributed by atoms with E-state index in [1.807, 2.05) is 0 Å². The van der Waals surface area contributed by atoms with Gasteiger partial charge in [-0.1, -0.05) is 11.6 Å². The van der Waals surface area contributed by atoms with Gasteiger partial charge in [0, 0.05) is 11.2 Å². The van der Waals surface area contributed by atoms with Crippen LogP contribution in [-0.2, 0) is 6.18 Å². The van der Waals surface area contributed by atoms with Crippen LogP contribution in [-0.4, -0.2) is 20.6 Å². The maximum atomic E-state index is 12.9. The maximum absolute atomic E-state index is 12.9. The number of imidazole rings is 1. The predicted octanol–water partition coefficient (Wildman–Crippen LogP) is 3.24. The highest BCUT2D eigenvalue weighted by Crippen LogP contribution is 2.35. The Bertz CT molecular complexity index is 637. The first-order valence-corrected chi connectivity index (χ1v) is 5.31. The largest absolute Gasteiger partial charge is 0.476 e. The molecule has 1 N–H and O–H groups in total. The van der Waals surface area contributed by atoms with E-state index in [9.17, 15) is 18.0 Å². The quantitative estimate of drug-likeness (QED) is 0.924. The summed E-state index contributed by atoms with van der Waals surface area (Å²) in [5.41, 5.74) is -1.55. The number of aromatic nitrogens is 2. The van der Waals surface area contributed by atoms with E-state index in [0.717, 1.165) is 29.2 Å². The van der Waals surface area contributed by atoms with Gasteiger partial charge in [-0.15, -0.1) is 0 Å². The Morgan fingerprint density at radius 2 is 2.05 bits per heavy atom. The Balaban J connectivity index is 2.58. The maximum Gasteiger partial charge on any atom is 0.418 e. The molecule has 0 spiro atoms. The third kappa shape index (κ3) is 2.70. The number of carboxylic acid groups (broad SMARTS) is 1. The normalized spacial score (nSPS) is 11.6. The van der Waals surface area contributed by atoms with Gasteiger partial charge in [-0.25, -0.2) is 9.78 Å². The van der Waals surface area contributed by atoms with Crippen LogP contribution in [0, 0.1) is 0 Å². The van der Waals surface area contributed by atoms with Gasteiger partial charge in [-0.2, -0.15) is 13.2 Å². The third-order valence-electron chi connectivity index (χ3n) is 2.34. The standard InChI is InChI=1S/C11H6ClF3N2O2/c12-6-1-2-9(7(3-6)11(13,14)15)17-4-8(10(18)19)16-5-17/h1-5H,(H,18,19). The summed E-state index contributed by atoms with van der Waals surface area (Å²) in [6.45, 7) is 0.